The quantitative estimate of drug-likeness (QED) is 0.902. The zero-order chi connectivity index (χ0) is 16.0. The Morgan fingerprint density at radius 3 is 2.87 bits per heavy atom. The van der Waals surface area contributed by atoms with Crippen molar-refractivity contribution in [3.63, 3.8) is 0 Å². The average molecular weight is 331 g/mol. The molecule has 0 spiro atoms. The summed E-state index contributed by atoms with van der Waals surface area (Å²) < 4.78 is 0. The first-order valence-corrected chi connectivity index (χ1v) is 9.39. The van der Waals surface area contributed by atoms with Gasteiger partial charge in [-0.15, -0.1) is 11.3 Å². The van der Waals surface area contributed by atoms with Crippen molar-refractivity contribution in [1.29, 1.82) is 0 Å². The topological polar surface area (TPSA) is 81.1 Å². The fourth-order valence-electron chi connectivity index (χ4n) is 3.93. The second kappa shape index (κ2) is 5.69. The molecule has 23 heavy (non-hydrogen) atoms. The van der Waals surface area contributed by atoms with E-state index < -0.39 is 0 Å². The van der Waals surface area contributed by atoms with Crippen LogP contribution in [0.15, 0.2) is 0 Å². The molecule has 1 fully saturated rings. The summed E-state index contributed by atoms with van der Waals surface area (Å²) in [5.74, 6) is 1.53. The molecular weight excluding hydrogens is 306 g/mol. The van der Waals surface area contributed by atoms with Gasteiger partial charge in [0.1, 0.15) is 16.5 Å². The van der Waals surface area contributed by atoms with E-state index in [1.165, 1.54) is 29.7 Å². The summed E-state index contributed by atoms with van der Waals surface area (Å²) in [6.45, 7) is 5.86. The van der Waals surface area contributed by atoms with E-state index in [-0.39, 0.29) is 5.41 Å². The summed E-state index contributed by atoms with van der Waals surface area (Å²) in [7, 11) is 0. The number of aromatic nitrogens is 2. The van der Waals surface area contributed by atoms with Crippen LogP contribution in [0.2, 0.25) is 0 Å². The molecule has 0 radical (unpaired) electrons. The zero-order valence-electron chi connectivity index (χ0n) is 13.8. The van der Waals surface area contributed by atoms with Crippen LogP contribution in [0.5, 0.6) is 0 Å². The third-order valence-corrected chi connectivity index (χ3v) is 6.57. The molecule has 5 nitrogen and oxygen atoms in total. The molecule has 0 amide bonds. The minimum Gasteiger partial charge on any atom is -0.383 e. The molecule has 0 bridgehead atoms. The maximum Gasteiger partial charge on any atom is 0.146 e. The van der Waals surface area contributed by atoms with Crippen LogP contribution in [-0.2, 0) is 19.4 Å². The van der Waals surface area contributed by atoms with Gasteiger partial charge in [0.15, 0.2) is 0 Å². The Balaban J connectivity index is 1.62. The molecule has 2 aromatic heterocycles. The minimum atomic E-state index is 0.234. The van der Waals surface area contributed by atoms with Crippen LogP contribution < -0.4 is 11.5 Å². The van der Waals surface area contributed by atoms with Crippen molar-refractivity contribution in [1.82, 2.24) is 14.9 Å². The van der Waals surface area contributed by atoms with Crippen molar-refractivity contribution < 1.29 is 0 Å². The van der Waals surface area contributed by atoms with Crippen molar-refractivity contribution in [2.75, 3.05) is 25.4 Å². The Hall–Kier alpha value is -1.24. The molecule has 0 saturated carbocycles. The molecule has 2 aliphatic rings. The lowest BCUT2D eigenvalue weighted by atomic mass is 9.90. The van der Waals surface area contributed by atoms with Crippen molar-refractivity contribution >= 4 is 27.4 Å². The first kappa shape index (κ1) is 15.3. The largest absolute Gasteiger partial charge is 0.383 e. The molecule has 1 atom stereocenters. The maximum absolute atomic E-state index is 6.30. The Kier molecular flexibility index (Phi) is 3.78. The number of likely N-dealkylation sites (tertiary alicyclic amines) is 1. The fourth-order valence-corrected chi connectivity index (χ4v) is 5.22. The van der Waals surface area contributed by atoms with Crippen LogP contribution >= 0.6 is 11.3 Å². The van der Waals surface area contributed by atoms with Crippen LogP contribution in [0.1, 0.15) is 42.5 Å². The number of fused-ring (bicyclic) bond motifs is 3. The highest BCUT2D eigenvalue weighted by Crippen LogP contribution is 2.38. The van der Waals surface area contributed by atoms with E-state index in [1.807, 2.05) is 11.3 Å². The summed E-state index contributed by atoms with van der Waals surface area (Å²) in [6.07, 6.45) is 5.99. The molecule has 2 aromatic rings. The lowest BCUT2D eigenvalue weighted by molar-refractivity contribution is 0.270. The highest BCUT2D eigenvalue weighted by atomic mass is 32.1. The Labute approximate surface area is 141 Å². The smallest absolute Gasteiger partial charge is 0.146 e. The Morgan fingerprint density at radius 2 is 2.09 bits per heavy atom. The van der Waals surface area contributed by atoms with Gasteiger partial charge in [-0.1, -0.05) is 6.92 Å². The highest BCUT2D eigenvalue weighted by Gasteiger charge is 2.32. The molecule has 124 valence electrons. The van der Waals surface area contributed by atoms with Crippen LogP contribution in [0.25, 0.3) is 10.2 Å². The summed E-state index contributed by atoms with van der Waals surface area (Å²) in [5, 5.41) is 1.13. The van der Waals surface area contributed by atoms with Crippen molar-refractivity contribution in [3.05, 3.63) is 16.3 Å². The number of nitrogens with zero attached hydrogens (tertiary/aromatic N) is 3. The number of nitrogen functional groups attached to an aromatic ring is 1. The molecule has 4 rings (SSSR count). The Bertz CT molecular complexity index is 740. The molecule has 6 heteroatoms. The van der Waals surface area contributed by atoms with Gasteiger partial charge >= 0.3 is 0 Å². The summed E-state index contributed by atoms with van der Waals surface area (Å²) >= 11 is 1.82. The predicted octanol–water partition coefficient (Wildman–Crippen LogP) is 2.32. The monoisotopic (exact) mass is 331 g/mol. The molecule has 1 saturated heterocycles. The Morgan fingerprint density at radius 1 is 1.26 bits per heavy atom. The number of rotatable bonds is 3. The van der Waals surface area contributed by atoms with Crippen LogP contribution in [-0.4, -0.2) is 34.5 Å². The van der Waals surface area contributed by atoms with E-state index in [9.17, 15) is 0 Å². The summed E-state index contributed by atoms with van der Waals surface area (Å²) in [5.41, 5.74) is 13.8. The van der Waals surface area contributed by atoms with Crippen LogP contribution in [0.4, 0.5) is 5.82 Å². The standard InChI is InChI=1S/C17H25N5S/c1-17(9-18)6-7-22(10-17)8-13-20-15(19)14-11-4-2-3-5-12(11)23-16(14)21-13/h2-10,18H2,1H3,(H2,19,20,21). The van der Waals surface area contributed by atoms with Gasteiger partial charge in [0.05, 0.1) is 11.9 Å². The van der Waals surface area contributed by atoms with Gasteiger partial charge in [-0.05, 0) is 56.2 Å². The SMILES string of the molecule is CC1(CN)CCN(Cc2nc(N)c3c4c(sc3n2)CCCC4)C1. The van der Waals surface area contributed by atoms with E-state index >= 15 is 0 Å². The second-order valence-corrected chi connectivity index (χ2v) is 8.48. The van der Waals surface area contributed by atoms with E-state index in [0.717, 1.165) is 55.1 Å². The van der Waals surface area contributed by atoms with Gasteiger partial charge in [-0.25, -0.2) is 9.97 Å². The van der Waals surface area contributed by atoms with E-state index in [2.05, 4.69) is 16.8 Å². The zero-order valence-corrected chi connectivity index (χ0v) is 14.6. The lowest BCUT2D eigenvalue weighted by Gasteiger charge is -2.22. The minimum absolute atomic E-state index is 0.234. The van der Waals surface area contributed by atoms with Gasteiger partial charge in [-0.3, -0.25) is 4.90 Å². The van der Waals surface area contributed by atoms with Gasteiger partial charge < -0.3 is 11.5 Å². The van der Waals surface area contributed by atoms with Crippen molar-refractivity contribution in [2.24, 2.45) is 11.1 Å². The van der Waals surface area contributed by atoms with Crippen LogP contribution in [0.3, 0.4) is 0 Å². The normalized spacial score (nSPS) is 25.1. The molecular formula is C17H25N5S. The first-order chi connectivity index (χ1) is 11.1. The predicted molar refractivity (Wildman–Crippen MR) is 95.5 cm³/mol. The third-order valence-electron chi connectivity index (χ3n) is 5.38. The second-order valence-electron chi connectivity index (χ2n) is 7.39. The summed E-state index contributed by atoms with van der Waals surface area (Å²) in [6, 6.07) is 0. The van der Waals surface area contributed by atoms with Gasteiger partial charge in [0.25, 0.3) is 0 Å². The molecule has 0 aromatic carbocycles. The number of aryl methyl sites for hydroxylation is 2. The number of nitrogens with two attached hydrogens (primary N) is 2. The lowest BCUT2D eigenvalue weighted by Crippen LogP contribution is -2.31. The number of thiophene rings is 1. The number of anilines is 1. The molecule has 4 N–H and O–H groups in total. The summed E-state index contributed by atoms with van der Waals surface area (Å²) in [4.78, 5) is 14.4. The van der Waals surface area contributed by atoms with Gasteiger partial charge in [0, 0.05) is 11.4 Å². The van der Waals surface area contributed by atoms with E-state index in [1.54, 1.807) is 0 Å². The average Bonchev–Trinajstić information content (AvgIpc) is 3.08. The van der Waals surface area contributed by atoms with E-state index in [4.69, 9.17) is 16.5 Å². The van der Waals surface area contributed by atoms with Gasteiger partial charge in [-0.2, -0.15) is 0 Å². The molecule has 1 aliphatic carbocycles. The van der Waals surface area contributed by atoms with Crippen LogP contribution in [0, 0.1) is 5.41 Å². The molecule has 3 heterocycles. The molecule has 1 unspecified atom stereocenters. The maximum atomic E-state index is 6.30. The van der Waals surface area contributed by atoms with E-state index in [0.29, 0.717) is 5.82 Å². The highest BCUT2D eigenvalue weighted by molar-refractivity contribution is 7.19. The first-order valence-electron chi connectivity index (χ1n) is 8.57. The fraction of sp³-hybridized carbons (Fsp3) is 0.647. The molecule has 1 aliphatic heterocycles. The number of hydrogen-bond donors (Lipinski definition) is 2. The number of hydrogen-bond acceptors (Lipinski definition) is 6. The van der Waals surface area contributed by atoms with Gasteiger partial charge in [0.2, 0.25) is 0 Å². The van der Waals surface area contributed by atoms with Crippen molar-refractivity contribution in [2.45, 2.75) is 45.6 Å². The third kappa shape index (κ3) is 2.73. The van der Waals surface area contributed by atoms with Crippen molar-refractivity contribution in [3.8, 4) is 0 Å².